The van der Waals surface area contributed by atoms with Crippen LogP contribution in [-0.4, -0.2) is 12.1 Å². The summed E-state index contributed by atoms with van der Waals surface area (Å²) in [6.45, 7) is 1.95. The van der Waals surface area contributed by atoms with E-state index in [1.54, 1.807) is 54.6 Å². The van der Waals surface area contributed by atoms with Crippen molar-refractivity contribution in [1.29, 1.82) is 0 Å². The van der Waals surface area contributed by atoms with Crippen LogP contribution in [0, 0.1) is 12.7 Å². The zero-order chi connectivity index (χ0) is 19.9. The molecule has 0 aliphatic carbocycles. The molecule has 0 bridgehead atoms. The predicted molar refractivity (Wildman–Crippen MR) is 108 cm³/mol. The second-order valence-electron chi connectivity index (χ2n) is 6.08. The molecular formula is C22H18ClFN2O2. The minimum absolute atomic E-state index is 0.0890. The van der Waals surface area contributed by atoms with Crippen LogP contribution in [0.3, 0.4) is 0 Å². The Labute approximate surface area is 167 Å². The van der Waals surface area contributed by atoms with Gasteiger partial charge in [-0.3, -0.25) is 4.79 Å². The molecule has 6 heteroatoms. The standard InChI is InChI=1S/C22H18ClFN2O2/c1-15-10-11-16(12-19(15)23)22(27)26-25-13-17-6-3-5-9-21(17)28-14-18-7-2-4-8-20(18)24/h2-13H,14H2,1H3,(H,26,27)/b25-13-. The fourth-order valence-corrected chi connectivity index (χ4v) is 2.63. The lowest BCUT2D eigenvalue weighted by Crippen LogP contribution is -2.17. The number of ether oxygens (including phenoxy) is 1. The molecule has 0 radical (unpaired) electrons. The van der Waals surface area contributed by atoms with E-state index in [9.17, 15) is 9.18 Å². The molecule has 3 aromatic carbocycles. The van der Waals surface area contributed by atoms with Crippen LogP contribution < -0.4 is 10.2 Å². The van der Waals surface area contributed by atoms with Crippen molar-refractivity contribution in [3.63, 3.8) is 0 Å². The lowest BCUT2D eigenvalue weighted by molar-refractivity contribution is 0.0955. The van der Waals surface area contributed by atoms with Gasteiger partial charge in [0.1, 0.15) is 18.2 Å². The molecule has 142 valence electrons. The first-order valence-corrected chi connectivity index (χ1v) is 8.97. The van der Waals surface area contributed by atoms with E-state index in [2.05, 4.69) is 10.5 Å². The molecule has 0 saturated carbocycles. The topological polar surface area (TPSA) is 50.7 Å². The summed E-state index contributed by atoms with van der Waals surface area (Å²) in [4.78, 5) is 12.2. The molecule has 0 unspecified atom stereocenters. The lowest BCUT2D eigenvalue weighted by Gasteiger charge is -2.09. The second kappa shape index (κ2) is 9.15. The van der Waals surface area contributed by atoms with Crippen LogP contribution in [0.1, 0.15) is 27.0 Å². The largest absolute Gasteiger partial charge is 0.488 e. The Bertz CT molecular complexity index is 1020. The number of rotatable bonds is 6. The average Bonchev–Trinajstić information content (AvgIpc) is 2.70. The van der Waals surface area contributed by atoms with Crippen LogP contribution in [0.25, 0.3) is 0 Å². The summed E-state index contributed by atoms with van der Waals surface area (Å²) in [7, 11) is 0. The number of amides is 1. The fourth-order valence-electron chi connectivity index (χ4n) is 2.45. The quantitative estimate of drug-likeness (QED) is 0.464. The molecule has 3 rings (SSSR count). The van der Waals surface area contributed by atoms with E-state index in [0.29, 0.717) is 27.5 Å². The number of hydrogen-bond acceptors (Lipinski definition) is 3. The molecule has 0 heterocycles. The molecule has 0 atom stereocenters. The van der Waals surface area contributed by atoms with E-state index in [4.69, 9.17) is 16.3 Å². The van der Waals surface area contributed by atoms with Crippen molar-refractivity contribution >= 4 is 23.7 Å². The third-order valence-corrected chi connectivity index (χ3v) is 4.47. The summed E-state index contributed by atoms with van der Waals surface area (Å²) in [6, 6.07) is 18.6. The number of hydrogen-bond donors (Lipinski definition) is 1. The SMILES string of the molecule is Cc1ccc(C(=O)N/N=C\c2ccccc2OCc2ccccc2F)cc1Cl. The number of carbonyl (C=O) groups excluding carboxylic acids is 1. The van der Waals surface area contributed by atoms with Crippen molar-refractivity contribution in [3.05, 3.63) is 99.8 Å². The Morgan fingerprint density at radius 1 is 1.14 bits per heavy atom. The highest BCUT2D eigenvalue weighted by molar-refractivity contribution is 6.31. The van der Waals surface area contributed by atoms with Gasteiger partial charge in [0.25, 0.3) is 5.91 Å². The van der Waals surface area contributed by atoms with Gasteiger partial charge in [-0.25, -0.2) is 9.82 Å². The molecular weight excluding hydrogens is 379 g/mol. The van der Waals surface area contributed by atoms with Crippen molar-refractivity contribution in [3.8, 4) is 5.75 Å². The summed E-state index contributed by atoms with van der Waals surface area (Å²) in [5.41, 5.74) is 4.88. The average molecular weight is 397 g/mol. The molecule has 0 aromatic heterocycles. The number of nitrogens with one attached hydrogen (secondary N) is 1. The highest BCUT2D eigenvalue weighted by Gasteiger charge is 2.07. The summed E-state index contributed by atoms with van der Waals surface area (Å²) < 4.78 is 19.4. The van der Waals surface area contributed by atoms with Crippen LogP contribution in [0.2, 0.25) is 5.02 Å². The summed E-state index contributed by atoms with van der Waals surface area (Å²) >= 11 is 6.04. The first-order chi connectivity index (χ1) is 13.5. The lowest BCUT2D eigenvalue weighted by atomic mass is 10.1. The van der Waals surface area contributed by atoms with Crippen molar-refractivity contribution in [1.82, 2.24) is 5.43 Å². The van der Waals surface area contributed by atoms with Crippen molar-refractivity contribution in [2.45, 2.75) is 13.5 Å². The van der Waals surface area contributed by atoms with Gasteiger partial charge in [-0.2, -0.15) is 5.10 Å². The number of aryl methyl sites for hydroxylation is 1. The van der Waals surface area contributed by atoms with Gasteiger partial charge in [-0.05, 0) is 42.8 Å². The number of para-hydroxylation sites is 1. The van der Waals surface area contributed by atoms with Crippen LogP contribution in [-0.2, 0) is 6.61 Å². The molecule has 1 amide bonds. The van der Waals surface area contributed by atoms with E-state index >= 15 is 0 Å². The number of hydrazone groups is 1. The van der Waals surface area contributed by atoms with Crippen molar-refractivity contribution < 1.29 is 13.9 Å². The van der Waals surface area contributed by atoms with E-state index in [1.807, 2.05) is 13.0 Å². The van der Waals surface area contributed by atoms with E-state index < -0.39 is 0 Å². The first kappa shape index (κ1) is 19.6. The normalized spacial score (nSPS) is 10.8. The van der Waals surface area contributed by atoms with Gasteiger partial charge in [0, 0.05) is 21.7 Å². The molecule has 0 aliphatic rings. The smallest absolute Gasteiger partial charge is 0.271 e. The highest BCUT2D eigenvalue weighted by atomic mass is 35.5. The Morgan fingerprint density at radius 2 is 1.89 bits per heavy atom. The molecule has 0 aliphatic heterocycles. The van der Waals surface area contributed by atoms with Gasteiger partial charge < -0.3 is 4.74 Å². The van der Waals surface area contributed by atoms with Crippen LogP contribution in [0.5, 0.6) is 5.75 Å². The highest BCUT2D eigenvalue weighted by Crippen LogP contribution is 2.19. The van der Waals surface area contributed by atoms with E-state index in [1.165, 1.54) is 12.3 Å². The van der Waals surface area contributed by atoms with Crippen LogP contribution >= 0.6 is 11.6 Å². The fraction of sp³-hybridized carbons (Fsp3) is 0.0909. The predicted octanol–water partition coefficient (Wildman–Crippen LogP) is 5.13. The molecule has 0 fully saturated rings. The third kappa shape index (κ3) is 4.96. The van der Waals surface area contributed by atoms with Gasteiger partial charge >= 0.3 is 0 Å². The van der Waals surface area contributed by atoms with Crippen LogP contribution in [0.15, 0.2) is 71.8 Å². The zero-order valence-corrected chi connectivity index (χ0v) is 15.9. The molecule has 1 N–H and O–H groups in total. The van der Waals surface area contributed by atoms with Crippen LogP contribution in [0.4, 0.5) is 4.39 Å². The summed E-state index contributed by atoms with van der Waals surface area (Å²) in [6.07, 6.45) is 1.48. The molecule has 4 nitrogen and oxygen atoms in total. The number of halogens is 2. The molecule has 28 heavy (non-hydrogen) atoms. The Hall–Kier alpha value is -3.18. The number of carbonyl (C=O) groups is 1. The van der Waals surface area contributed by atoms with Gasteiger partial charge in [0.15, 0.2) is 0 Å². The van der Waals surface area contributed by atoms with E-state index in [-0.39, 0.29) is 18.3 Å². The Kier molecular flexibility index (Phi) is 6.40. The molecule has 3 aromatic rings. The maximum Gasteiger partial charge on any atom is 0.271 e. The van der Waals surface area contributed by atoms with E-state index in [0.717, 1.165) is 5.56 Å². The number of nitrogens with zero attached hydrogens (tertiary/aromatic N) is 1. The Morgan fingerprint density at radius 3 is 2.68 bits per heavy atom. The van der Waals surface area contributed by atoms with Crippen molar-refractivity contribution in [2.75, 3.05) is 0 Å². The maximum atomic E-state index is 13.7. The monoisotopic (exact) mass is 396 g/mol. The second-order valence-corrected chi connectivity index (χ2v) is 6.49. The third-order valence-electron chi connectivity index (χ3n) is 4.06. The van der Waals surface area contributed by atoms with Gasteiger partial charge in [0.2, 0.25) is 0 Å². The summed E-state index contributed by atoms with van der Waals surface area (Å²) in [5, 5.41) is 4.50. The molecule has 0 saturated heterocycles. The Balaban J connectivity index is 1.66. The zero-order valence-electron chi connectivity index (χ0n) is 15.2. The summed E-state index contributed by atoms with van der Waals surface area (Å²) in [5.74, 6) is -0.164. The van der Waals surface area contributed by atoms with Gasteiger partial charge in [-0.1, -0.05) is 48.0 Å². The first-order valence-electron chi connectivity index (χ1n) is 8.59. The van der Waals surface area contributed by atoms with Gasteiger partial charge in [-0.15, -0.1) is 0 Å². The van der Waals surface area contributed by atoms with Gasteiger partial charge in [0.05, 0.1) is 6.21 Å². The minimum Gasteiger partial charge on any atom is -0.488 e. The minimum atomic E-state index is -0.372. The maximum absolute atomic E-state index is 13.7. The number of benzene rings is 3. The molecule has 0 spiro atoms. The van der Waals surface area contributed by atoms with Crippen molar-refractivity contribution in [2.24, 2.45) is 5.10 Å².